The first-order valence-electron chi connectivity index (χ1n) is 6.66. The van der Waals surface area contributed by atoms with Crippen molar-refractivity contribution >= 4 is 11.6 Å². The van der Waals surface area contributed by atoms with Gasteiger partial charge < -0.3 is 10.2 Å². The fourth-order valence-electron chi connectivity index (χ4n) is 1.88. The van der Waals surface area contributed by atoms with Crippen LogP contribution >= 0.6 is 0 Å². The van der Waals surface area contributed by atoms with Gasteiger partial charge in [0.1, 0.15) is 0 Å². The predicted octanol–water partition coefficient (Wildman–Crippen LogP) is 1.72. The van der Waals surface area contributed by atoms with Crippen LogP contribution in [-0.2, 0) is 17.8 Å². The number of hydrogen-bond acceptors (Lipinski definition) is 3. The van der Waals surface area contributed by atoms with Gasteiger partial charge in [0.2, 0.25) is 5.91 Å². The van der Waals surface area contributed by atoms with Gasteiger partial charge in [-0.15, -0.1) is 0 Å². The van der Waals surface area contributed by atoms with E-state index in [0.717, 1.165) is 17.7 Å². The first-order chi connectivity index (χ1) is 9.65. The maximum absolute atomic E-state index is 11.7. The normalized spacial score (nSPS) is 10.3. The Kier molecular flexibility index (Phi) is 4.76. The van der Waals surface area contributed by atoms with Crippen molar-refractivity contribution in [1.82, 2.24) is 15.5 Å². The van der Waals surface area contributed by atoms with Crippen molar-refractivity contribution in [3.8, 4) is 0 Å². The van der Waals surface area contributed by atoms with Crippen molar-refractivity contribution in [2.24, 2.45) is 0 Å². The highest BCUT2D eigenvalue weighted by molar-refractivity contribution is 5.76. The van der Waals surface area contributed by atoms with Gasteiger partial charge in [0.25, 0.3) is 0 Å². The number of aromatic amines is 1. The molecule has 1 aromatic heterocycles. The van der Waals surface area contributed by atoms with Crippen LogP contribution < -0.4 is 10.2 Å². The Morgan fingerprint density at radius 1 is 1.25 bits per heavy atom. The Morgan fingerprint density at radius 2 is 2.00 bits per heavy atom. The summed E-state index contributed by atoms with van der Waals surface area (Å²) in [6.45, 7) is 0.523. The van der Waals surface area contributed by atoms with E-state index in [0.29, 0.717) is 13.0 Å². The topological polar surface area (TPSA) is 61.0 Å². The Balaban J connectivity index is 1.75. The molecule has 5 nitrogen and oxygen atoms in total. The summed E-state index contributed by atoms with van der Waals surface area (Å²) in [7, 11) is 4.02. The number of benzene rings is 1. The summed E-state index contributed by atoms with van der Waals surface area (Å²) < 4.78 is 0. The maximum Gasteiger partial charge on any atom is 0.220 e. The average molecular weight is 272 g/mol. The molecule has 2 N–H and O–H groups in total. The molecule has 0 aliphatic rings. The molecule has 1 amide bonds. The summed E-state index contributed by atoms with van der Waals surface area (Å²) in [5.74, 6) is 0.0582. The molecule has 0 unspecified atom stereocenters. The smallest absolute Gasteiger partial charge is 0.220 e. The van der Waals surface area contributed by atoms with E-state index in [1.165, 1.54) is 5.56 Å². The zero-order valence-electron chi connectivity index (χ0n) is 11.9. The molecule has 0 spiro atoms. The molecule has 0 fully saturated rings. The van der Waals surface area contributed by atoms with E-state index in [9.17, 15) is 4.79 Å². The number of aryl methyl sites for hydroxylation is 1. The molecule has 2 rings (SSSR count). The monoisotopic (exact) mass is 272 g/mol. The number of aromatic nitrogens is 2. The molecule has 1 aromatic carbocycles. The van der Waals surface area contributed by atoms with Crippen LogP contribution in [0.4, 0.5) is 5.69 Å². The number of amides is 1. The van der Waals surface area contributed by atoms with E-state index in [1.807, 2.05) is 14.1 Å². The quantitative estimate of drug-likeness (QED) is 0.842. The number of carbonyl (C=O) groups excluding carboxylic acids is 1. The molecule has 2 aromatic rings. The average Bonchev–Trinajstić information content (AvgIpc) is 2.96. The molecule has 0 radical (unpaired) electrons. The summed E-state index contributed by atoms with van der Waals surface area (Å²) in [5, 5.41) is 9.43. The Labute approximate surface area is 119 Å². The minimum absolute atomic E-state index is 0.0582. The third-order valence-corrected chi connectivity index (χ3v) is 3.14. The lowest BCUT2D eigenvalue weighted by Crippen LogP contribution is -2.22. The van der Waals surface area contributed by atoms with Crippen LogP contribution in [0.3, 0.4) is 0 Å². The van der Waals surface area contributed by atoms with Crippen molar-refractivity contribution in [1.29, 1.82) is 0 Å². The summed E-state index contributed by atoms with van der Waals surface area (Å²) >= 11 is 0. The van der Waals surface area contributed by atoms with Crippen LogP contribution in [0.25, 0.3) is 0 Å². The highest BCUT2D eigenvalue weighted by atomic mass is 16.1. The Hall–Kier alpha value is -2.30. The maximum atomic E-state index is 11.7. The second kappa shape index (κ2) is 6.75. The second-order valence-corrected chi connectivity index (χ2v) is 4.94. The molecule has 0 aliphatic heterocycles. The standard InChI is InChI=1S/C15H20N4O/c1-19(2)14-6-3-12(4-7-14)5-8-15(20)16-9-13-10-17-18-11-13/h3-4,6-7,10-11H,5,8-9H2,1-2H3,(H,16,20)(H,17,18). The van der Waals surface area contributed by atoms with Crippen molar-refractivity contribution in [3.63, 3.8) is 0 Å². The van der Waals surface area contributed by atoms with Crippen molar-refractivity contribution in [2.45, 2.75) is 19.4 Å². The number of nitrogens with zero attached hydrogens (tertiary/aromatic N) is 2. The number of nitrogens with one attached hydrogen (secondary N) is 2. The fourth-order valence-corrected chi connectivity index (χ4v) is 1.88. The third-order valence-electron chi connectivity index (χ3n) is 3.14. The molecule has 106 valence electrons. The SMILES string of the molecule is CN(C)c1ccc(CCC(=O)NCc2cn[nH]c2)cc1. The van der Waals surface area contributed by atoms with Crippen LogP contribution in [0.5, 0.6) is 0 Å². The first-order valence-corrected chi connectivity index (χ1v) is 6.66. The lowest BCUT2D eigenvalue weighted by atomic mass is 10.1. The number of anilines is 1. The van der Waals surface area contributed by atoms with Crippen LogP contribution in [0.2, 0.25) is 0 Å². The molecule has 0 bridgehead atoms. The van der Waals surface area contributed by atoms with Crippen LogP contribution in [0, 0.1) is 0 Å². The summed E-state index contributed by atoms with van der Waals surface area (Å²) in [5.41, 5.74) is 3.32. The molecular formula is C15H20N4O. The van der Waals surface area contributed by atoms with Gasteiger partial charge in [0.15, 0.2) is 0 Å². The van der Waals surface area contributed by atoms with E-state index in [2.05, 4.69) is 44.7 Å². The van der Waals surface area contributed by atoms with E-state index in [-0.39, 0.29) is 5.91 Å². The van der Waals surface area contributed by atoms with Gasteiger partial charge in [0.05, 0.1) is 6.20 Å². The molecule has 0 aliphatic carbocycles. The summed E-state index contributed by atoms with van der Waals surface area (Å²) in [6.07, 6.45) is 4.74. The van der Waals surface area contributed by atoms with Gasteiger partial charge >= 0.3 is 0 Å². The van der Waals surface area contributed by atoms with Gasteiger partial charge in [0, 0.05) is 44.5 Å². The third kappa shape index (κ3) is 4.12. The van der Waals surface area contributed by atoms with Gasteiger partial charge in [-0.05, 0) is 24.1 Å². The highest BCUT2D eigenvalue weighted by Gasteiger charge is 2.03. The number of rotatable bonds is 6. The minimum atomic E-state index is 0.0582. The van der Waals surface area contributed by atoms with Gasteiger partial charge in [-0.25, -0.2) is 0 Å². The van der Waals surface area contributed by atoms with Crippen molar-refractivity contribution in [3.05, 3.63) is 47.8 Å². The summed E-state index contributed by atoms with van der Waals surface area (Å²) in [4.78, 5) is 13.8. The van der Waals surface area contributed by atoms with Crippen molar-refractivity contribution < 1.29 is 4.79 Å². The minimum Gasteiger partial charge on any atom is -0.378 e. The number of H-pyrrole nitrogens is 1. The number of hydrogen-bond donors (Lipinski definition) is 2. The summed E-state index contributed by atoms with van der Waals surface area (Å²) in [6, 6.07) is 8.27. The zero-order valence-corrected chi connectivity index (χ0v) is 11.9. The van der Waals surface area contributed by atoms with Crippen LogP contribution in [0.15, 0.2) is 36.7 Å². The zero-order chi connectivity index (χ0) is 14.4. The van der Waals surface area contributed by atoms with Crippen molar-refractivity contribution in [2.75, 3.05) is 19.0 Å². The lowest BCUT2D eigenvalue weighted by molar-refractivity contribution is -0.121. The molecule has 0 atom stereocenters. The molecule has 20 heavy (non-hydrogen) atoms. The van der Waals surface area contributed by atoms with Crippen LogP contribution in [0.1, 0.15) is 17.5 Å². The molecule has 1 heterocycles. The largest absolute Gasteiger partial charge is 0.378 e. The Bertz CT molecular complexity index is 532. The van der Waals surface area contributed by atoms with Gasteiger partial charge in [-0.3, -0.25) is 9.89 Å². The molecular weight excluding hydrogens is 252 g/mol. The number of carbonyl (C=O) groups is 1. The van der Waals surface area contributed by atoms with E-state index < -0.39 is 0 Å². The molecule has 0 saturated carbocycles. The highest BCUT2D eigenvalue weighted by Crippen LogP contribution is 2.13. The van der Waals surface area contributed by atoms with Gasteiger partial charge in [-0.2, -0.15) is 5.10 Å². The van der Waals surface area contributed by atoms with Gasteiger partial charge in [-0.1, -0.05) is 12.1 Å². The lowest BCUT2D eigenvalue weighted by Gasteiger charge is -2.12. The second-order valence-electron chi connectivity index (χ2n) is 4.94. The van der Waals surface area contributed by atoms with Crippen LogP contribution in [-0.4, -0.2) is 30.2 Å². The fraction of sp³-hybridized carbons (Fsp3) is 0.333. The first kappa shape index (κ1) is 14.1. The van der Waals surface area contributed by atoms with E-state index in [1.54, 1.807) is 12.4 Å². The van der Waals surface area contributed by atoms with E-state index >= 15 is 0 Å². The Morgan fingerprint density at radius 3 is 2.60 bits per heavy atom. The van der Waals surface area contributed by atoms with E-state index in [4.69, 9.17) is 0 Å². The predicted molar refractivity (Wildman–Crippen MR) is 79.5 cm³/mol. The molecule has 5 heteroatoms. The molecule has 0 saturated heterocycles.